The molecule has 1 aliphatic heterocycles. The number of aryl methyl sites for hydroxylation is 1. The summed E-state index contributed by atoms with van der Waals surface area (Å²) in [6, 6.07) is 8.40. The molecule has 1 aliphatic rings. The van der Waals surface area contributed by atoms with Gasteiger partial charge in [-0.1, -0.05) is 99.8 Å². The Hall–Kier alpha value is -2.83. The van der Waals surface area contributed by atoms with Crippen LogP contribution in [0.5, 0.6) is 0 Å². The van der Waals surface area contributed by atoms with E-state index in [0.29, 0.717) is 29.2 Å². The van der Waals surface area contributed by atoms with Crippen molar-refractivity contribution in [2.45, 2.75) is 65.0 Å². The van der Waals surface area contributed by atoms with Crippen LogP contribution in [0.25, 0.3) is 5.57 Å². The minimum atomic E-state index is -0.162. The second-order valence-corrected chi connectivity index (χ2v) is 11.5. The Morgan fingerprint density at radius 2 is 1.87 bits per heavy atom. The van der Waals surface area contributed by atoms with Crippen molar-refractivity contribution in [2.24, 2.45) is 33.3 Å². The molecule has 0 radical (unpaired) electrons. The molecule has 5 nitrogen and oxygen atoms in total. The molecule has 2 rings (SSSR count). The molecule has 0 spiro atoms. The lowest BCUT2D eigenvalue weighted by Crippen LogP contribution is -2.21. The SMILES string of the molecule is C=C(/C=C\C(=C)C(C)CCC(C)C1SC(N)=NC1=O)c1ccc(CCC(N)=NC(=C/CC)/C(C)=C\CCl)cc1. The second kappa shape index (κ2) is 16.3. The molecule has 1 aromatic rings. The first-order valence-electron chi connectivity index (χ1n) is 13.5. The molecule has 0 bridgehead atoms. The van der Waals surface area contributed by atoms with Crippen molar-refractivity contribution in [1.29, 1.82) is 0 Å². The van der Waals surface area contributed by atoms with Gasteiger partial charge in [0.15, 0.2) is 5.17 Å². The first kappa shape index (κ1) is 32.4. The number of carbonyl (C=O) groups excluding carboxylic acids is 1. The Morgan fingerprint density at radius 3 is 2.46 bits per heavy atom. The minimum Gasteiger partial charge on any atom is -0.387 e. The molecular weight excluding hydrogens is 524 g/mol. The number of allylic oxidation sites excluding steroid dienone is 7. The Balaban J connectivity index is 1.86. The Bertz CT molecular complexity index is 1180. The maximum atomic E-state index is 12.0. The summed E-state index contributed by atoms with van der Waals surface area (Å²) in [5.41, 5.74) is 18.1. The molecule has 0 saturated carbocycles. The Morgan fingerprint density at radius 1 is 1.18 bits per heavy atom. The number of hydrogen-bond acceptors (Lipinski definition) is 4. The zero-order chi connectivity index (χ0) is 28.9. The van der Waals surface area contributed by atoms with Crippen LogP contribution in [0.4, 0.5) is 0 Å². The fourth-order valence-electron chi connectivity index (χ4n) is 4.13. The van der Waals surface area contributed by atoms with Gasteiger partial charge in [-0.05, 0) is 66.7 Å². The average molecular weight is 567 g/mol. The number of benzene rings is 1. The highest BCUT2D eigenvalue weighted by Gasteiger charge is 2.31. The molecule has 0 aromatic heterocycles. The number of aliphatic imine (C=N–C) groups is 2. The van der Waals surface area contributed by atoms with E-state index in [2.05, 4.69) is 74.3 Å². The standard InChI is InChI=1S/C32H43ClN4OS/c1-7-8-28(24(5)19-20-33)36-29(34)18-15-26-13-16-27(17-14-26)23(4)11-9-21(2)22(3)10-12-25(6)30-31(38)37-32(35)39-30/h8-9,11,13-14,16-17,19,22,25,30H,2,4,7,10,12,15,18,20H2,1,3,5-6H3,(H2,34,36)(H2,35,37,38)/b11-9-,24-19-,28-8+. The maximum absolute atomic E-state index is 12.0. The van der Waals surface area contributed by atoms with Crippen LogP contribution in [0.2, 0.25) is 0 Å². The van der Waals surface area contributed by atoms with Crippen LogP contribution in [0, 0.1) is 11.8 Å². The average Bonchev–Trinajstić information content (AvgIpc) is 3.26. The van der Waals surface area contributed by atoms with Gasteiger partial charge in [0, 0.05) is 12.3 Å². The van der Waals surface area contributed by atoms with Crippen molar-refractivity contribution in [3.05, 3.63) is 89.7 Å². The van der Waals surface area contributed by atoms with E-state index in [4.69, 9.17) is 23.1 Å². The first-order chi connectivity index (χ1) is 18.5. The molecule has 1 aromatic carbocycles. The summed E-state index contributed by atoms with van der Waals surface area (Å²) in [7, 11) is 0. The van der Waals surface area contributed by atoms with E-state index in [9.17, 15) is 4.79 Å². The zero-order valence-electron chi connectivity index (χ0n) is 23.8. The number of hydrogen-bond donors (Lipinski definition) is 2. The van der Waals surface area contributed by atoms with Crippen molar-refractivity contribution < 1.29 is 4.79 Å². The molecule has 1 amide bonds. The molecule has 210 valence electrons. The molecule has 0 aliphatic carbocycles. The lowest BCUT2D eigenvalue weighted by molar-refractivity contribution is -0.117. The highest BCUT2D eigenvalue weighted by atomic mass is 35.5. The molecular formula is C32H43ClN4OS. The van der Waals surface area contributed by atoms with E-state index in [0.717, 1.165) is 53.7 Å². The van der Waals surface area contributed by atoms with Gasteiger partial charge in [-0.15, -0.1) is 11.6 Å². The smallest absolute Gasteiger partial charge is 0.261 e. The van der Waals surface area contributed by atoms with E-state index < -0.39 is 0 Å². The van der Waals surface area contributed by atoms with Gasteiger partial charge in [-0.2, -0.15) is 4.99 Å². The fraction of sp³-hybridized carbons (Fsp3) is 0.406. The van der Waals surface area contributed by atoms with E-state index in [1.54, 1.807) is 0 Å². The number of nitrogens with two attached hydrogens (primary N) is 2. The van der Waals surface area contributed by atoms with Gasteiger partial charge in [-0.3, -0.25) is 4.79 Å². The molecule has 0 saturated heterocycles. The van der Waals surface area contributed by atoms with Crippen molar-refractivity contribution >= 4 is 45.8 Å². The molecule has 3 unspecified atom stereocenters. The summed E-state index contributed by atoms with van der Waals surface area (Å²) in [4.78, 5) is 20.4. The number of halogens is 1. The monoisotopic (exact) mass is 566 g/mol. The molecule has 39 heavy (non-hydrogen) atoms. The van der Waals surface area contributed by atoms with E-state index in [1.165, 1.54) is 17.3 Å². The summed E-state index contributed by atoms with van der Waals surface area (Å²) < 4.78 is 0. The maximum Gasteiger partial charge on any atom is 0.261 e. The highest BCUT2D eigenvalue weighted by Crippen LogP contribution is 2.31. The van der Waals surface area contributed by atoms with Crippen LogP contribution in [-0.2, 0) is 11.2 Å². The van der Waals surface area contributed by atoms with Gasteiger partial charge in [0.25, 0.3) is 5.91 Å². The van der Waals surface area contributed by atoms with E-state index >= 15 is 0 Å². The molecule has 0 fully saturated rings. The fourth-order valence-corrected chi connectivity index (χ4v) is 5.29. The third kappa shape index (κ3) is 10.7. The van der Waals surface area contributed by atoms with Crippen LogP contribution < -0.4 is 11.5 Å². The predicted octanol–water partition coefficient (Wildman–Crippen LogP) is 7.59. The third-order valence-corrected chi connectivity index (χ3v) is 8.27. The quantitative estimate of drug-likeness (QED) is 0.0989. The summed E-state index contributed by atoms with van der Waals surface area (Å²) in [5.74, 6) is 1.47. The normalized spacial score (nSPS) is 18.4. The van der Waals surface area contributed by atoms with Crippen LogP contribution >= 0.6 is 23.4 Å². The Kier molecular flexibility index (Phi) is 13.5. The van der Waals surface area contributed by atoms with Gasteiger partial charge >= 0.3 is 0 Å². The lowest BCUT2D eigenvalue weighted by Gasteiger charge is -2.19. The predicted molar refractivity (Wildman–Crippen MR) is 172 cm³/mol. The largest absolute Gasteiger partial charge is 0.387 e. The first-order valence-corrected chi connectivity index (χ1v) is 14.9. The van der Waals surface area contributed by atoms with Gasteiger partial charge in [0.2, 0.25) is 0 Å². The Labute approximate surface area is 244 Å². The van der Waals surface area contributed by atoms with Crippen molar-refractivity contribution in [3.63, 3.8) is 0 Å². The highest BCUT2D eigenvalue weighted by molar-refractivity contribution is 8.15. The number of amidine groups is 2. The number of thioether (sulfide) groups is 1. The molecule has 1 heterocycles. The summed E-state index contributed by atoms with van der Waals surface area (Å²) in [5, 5.41) is 0.215. The number of amides is 1. The van der Waals surface area contributed by atoms with E-state index in [1.807, 2.05) is 25.2 Å². The third-order valence-electron chi connectivity index (χ3n) is 6.86. The second-order valence-electron chi connectivity index (χ2n) is 10.1. The van der Waals surface area contributed by atoms with Gasteiger partial charge in [0.1, 0.15) is 0 Å². The number of rotatable bonds is 15. The van der Waals surface area contributed by atoms with Gasteiger partial charge in [0.05, 0.1) is 16.8 Å². The van der Waals surface area contributed by atoms with Crippen molar-refractivity contribution in [3.8, 4) is 0 Å². The number of nitrogens with zero attached hydrogens (tertiary/aromatic N) is 2. The summed E-state index contributed by atoms with van der Waals surface area (Å²) >= 11 is 7.21. The van der Waals surface area contributed by atoms with Crippen LogP contribution in [0.1, 0.15) is 64.5 Å². The zero-order valence-corrected chi connectivity index (χ0v) is 25.3. The summed E-state index contributed by atoms with van der Waals surface area (Å²) in [6.45, 7) is 16.8. The van der Waals surface area contributed by atoms with Crippen molar-refractivity contribution in [2.75, 3.05) is 5.88 Å². The molecule has 7 heteroatoms. The van der Waals surface area contributed by atoms with Crippen LogP contribution in [0.15, 0.2) is 88.6 Å². The van der Waals surface area contributed by atoms with Crippen molar-refractivity contribution in [1.82, 2.24) is 0 Å². The number of alkyl halides is 1. The minimum absolute atomic E-state index is 0.112. The van der Waals surface area contributed by atoms with Crippen LogP contribution in [-0.4, -0.2) is 28.0 Å². The number of carbonyl (C=O) groups is 1. The van der Waals surface area contributed by atoms with Crippen LogP contribution in [0.3, 0.4) is 0 Å². The molecule has 3 atom stereocenters. The lowest BCUT2D eigenvalue weighted by atomic mass is 9.90. The van der Waals surface area contributed by atoms with Gasteiger partial charge < -0.3 is 11.5 Å². The topological polar surface area (TPSA) is 93.8 Å². The molecule has 4 N–H and O–H groups in total. The van der Waals surface area contributed by atoms with Gasteiger partial charge in [-0.25, -0.2) is 4.99 Å². The van der Waals surface area contributed by atoms with E-state index in [-0.39, 0.29) is 17.1 Å². The summed E-state index contributed by atoms with van der Waals surface area (Å²) in [6.07, 6.45) is 12.3.